The summed E-state index contributed by atoms with van der Waals surface area (Å²) in [6, 6.07) is 8.73. The molecule has 1 aliphatic heterocycles. The van der Waals surface area contributed by atoms with Crippen molar-refractivity contribution in [2.75, 3.05) is 26.2 Å². The second-order valence-electron chi connectivity index (χ2n) is 6.25. The molecule has 0 aliphatic carbocycles. The van der Waals surface area contributed by atoms with Gasteiger partial charge in [-0.15, -0.1) is 24.0 Å². The molecule has 136 valence electrons. The Labute approximate surface area is 163 Å². The van der Waals surface area contributed by atoms with Gasteiger partial charge in [-0.25, -0.2) is 0 Å². The second-order valence-corrected chi connectivity index (χ2v) is 6.25. The molecular weight excluding hydrogens is 413 g/mol. The van der Waals surface area contributed by atoms with E-state index in [1.54, 1.807) is 0 Å². The number of hydrogen-bond acceptors (Lipinski definition) is 2. The van der Waals surface area contributed by atoms with Crippen LogP contribution in [0.2, 0.25) is 0 Å². The zero-order chi connectivity index (χ0) is 16.5. The maximum atomic E-state index is 6.08. The van der Waals surface area contributed by atoms with Crippen LogP contribution in [0, 0.1) is 12.8 Å². The molecule has 0 bridgehead atoms. The molecule has 0 amide bonds. The lowest BCUT2D eigenvalue weighted by molar-refractivity contribution is -0.0250. The van der Waals surface area contributed by atoms with Crippen LogP contribution in [0.25, 0.3) is 0 Å². The van der Waals surface area contributed by atoms with E-state index in [9.17, 15) is 0 Å². The van der Waals surface area contributed by atoms with Gasteiger partial charge in [0, 0.05) is 32.2 Å². The van der Waals surface area contributed by atoms with Crippen LogP contribution in [0.3, 0.4) is 0 Å². The van der Waals surface area contributed by atoms with Gasteiger partial charge in [-0.2, -0.15) is 0 Å². The molecule has 1 saturated heterocycles. The molecule has 24 heavy (non-hydrogen) atoms. The average Bonchev–Trinajstić information content (AvgIpc) is 2.58. The third kappa shape index (κ3) is 6.59. The minimum Gasteiger partial charge on any atom is -0.373 e. The zero-order valence-corrected chi connectivity index (χ0v) is 17.5. The van der Waals surface area contributed by atoms with Crippen molar-refractivity contribution >= 4 is 29.9 Å². The van der Waals surface area contributed by atoms with Gasteiger partial charge < -0.3 is 15.4 Å². The maximum Gasteiger partial charge on any atom is 0.191 e. The van der Waals surface area contributed by atoms with E-state index < -0.39 is 0 Å². The van der Waals surface area contributed by atoms with Crippen LogP contribution in [0.4, 0.5) is 0 Å². The van der Waals surface area contributed by atoms with Gasteiger partial charge in [-0.1, -0.05) is 36.8 Å². The van der Waals surface area contributed by atoms with Crippen molar-refractivity contribution in [3.05, 3.63) is 35.4 Å². The number of guanidine groups is 1. The molecule has 0 spiro atoms. The van der Waals surface area contributed by atoms with Crippen LogP contribution in [-0.2, 0) is 4.74 Å². The van der Waals surface area contributed by atoms with Gasteiger partial charge in [0.2, 0.25) is 0 Å². The van der Waals surface area contributed by atoms with E-state index in [2.05, 4.69) is 55.7 Å². The molecule has 4 nitrogen and oxygen atoms in total. The molecule has 0 saturated carbocycles. The first-order valence-electron chi connectivity index (χ1n) is 8.95. The number of benzene rings is 1. The molecule has 2 unspecified atom stereocenters. The van der Waals surface area contributed by atoms with E-state index in [1.165, 1.54) is 17.5 Å². The van der Waals surface area contributed by atoms with E-state index in [1.807, 2.05) is 0 Å². The monoisotopic (exact) mass is 445 g/mol. The largest absolute Gasteiger partial charge is 0.373 e. The summed E-state index contributed by atoms with van der Waals surface area (Å²) in [5.74, 6) is 1.37. The summed E-state index contributed by atoms with van der Waals surface area (Å²) in [7, 11) is 0. The fourth-order valence-electron chi connectivity index (χ4n) is 2.95. The standard InChI is InChI=1S/C19H31N3O.HI/c1-4-12-21-19(20-5-2)22-14-17-7-6-13-23-18(17)16-10-8-15(3)9-11-16;/h8-11,17-18H,4-7,12-14H2,1-3H3,(H2,20,21,22);1H. The van der Waals surface area contributed by atoms with Crippen molar-refractivity contribution < 1.29 is 4.74 Å². The van der Waals surface area contributed by atoms with Crippen molar-refractivity contribution in [3.8, 4) is 0 Å². The number of nitrogens with one attached hydrogen (secondary N) is 2. The number of aryl methyl sites for hydroxylation is 1. The van der Waals surface area contributed by atoms with Crippen molar-refractivity contribution in [2.45, 2.75) is 46.1 Å². The van der Waals surface area contributed by atoms with E-state index in [0.717, 1.165) is 45.0 Å². The summed E-state index contributed by atoms with van der Waals surface area (Å²) in [5.41, 5.74) is 2.57. The fourth-order valence-corrected chi connectivity index (χ4v) is 2.95. The highest BCUT2D eigenvalue weighted by molar-refractivity contribution is 14.0. The summed E-state index contributed by atoms with van der Waals surface area (Å²) >= 11 is 0. The van der Waals surface area contributed by atoms with Gasteiger partial charge in [0.15, 0.2) is 5.96 Å². The van der Waals surface area contributed by atoms with Gasteiger partial charge >= 0.3 is 0 Å². The molecule has 2 rings (SSSR count). The minimum absolute atomic E-state index is 0. The fraction of sp³-hybridized carbons (Fsp3) is 0.632. The van der Waals surface area contributed by atoms with Crippen LogP contribution in [0.15, 0.2) is 29.3 Å². The molecule has 1 aliphatic rings. The number of halogens is 1. The predicted molar refractivity (Wildman–Crippen MR) is 112 cm³/mol. The Morgan fingerprint density at radius 1 is 1.21 bits per heavy atom. The van der Waals surface area contributed by atoms with Gasteiger partial charge in [0.05, 0.1) is 6.10 Å². The molecule has 1 aromatic rings. The van der Waals surface area contributed by atoms with Crippen LogP contribution in [-0.4, -0.2) is 32.2 Å². The number of hydrogen-bond donors (Lipinski definition) is 2. The molecular formula is C19H32IN3O. The Balaban J connectivity index is 0.00000288. The van der Waals surface area contributed by atoms with E-state index in [-0.39, 0.29) is 30.1 Å². The Bertz CT molecular complexity index is 490. The van der Waals surface area contributed by atoms with Crippen LogP contribution in [0.5, 0.6) is 0 Å². The molecule has 0 radical (unpaired) electrons. The van der Waals surface area contributed by atoms with E-state index in [0.29, 0.717) is 5.92 Å². The zero-order valence-electron chi connectivity index (χ0n) is 15.2. The summed E-state index contributed by atoms with van der Waals surface area (Å²) in [6.45, 7) is 9.88. The third-order valence-corrected chi connectivity index (χ3v) is 4.22. The molecule has 1 aromatic carbocycles. The molecule has 1 heterocycles. The highest BCUT2D eigenvalue weighted by Crippen LogP contribution is 2.33. The highest BCUT2D eigenvalue weighted by Gasteiger charge is 2.27. The number of rotatable bonds is 6. The maximum absolute atomic E-state index is 6.08. The summed E-state index contributed by atoms with van der Waals surface area (Å²) in [6.07, 6.45) is 3.57. The Morgan fingerprint density at radius 2 is 1.96 bits per heavy atom. The predicted octanol–water partition coefficient (Wildman–Crippen LogP) is 4.05. The normalized spacial score (nSPS) is 21.0. The van der Waals surface area contributed by atoms with E-state index in [4.69, 9.17) is 9.73 Å². The van der Waals surface area contributed by atoms with E-state index >= 15 is 0 Å². The first kappa shape index (κ1) is 21.2. The third-order valence-electron chi connectivity index (χ3n) is 4.22. The van der Waals surface area contributed by atoms with Gasteiger partial charge in [-0.3, -0.25) is 4.99 Å². The smallest absolute Gasteiger partial charge is 0.191 e. The van der Waals surface area contributed by atoms with Crippen molar-refractivity contribution in [1.29, 1.82) is 0 Å². The van der Waals surface area contributed by atoms with Crippen LogP contribution in [0.1, 0.15) is 50.3 Å². The lowest BCUT2D eigenvalue weighted by atomic mass is 9.89. The summed E-state index contributed by atoms with van der Waals surface area (Å²) in [4.78, 5) is 4.78. The summed E-state index contributed by atoms with van der Waals surface area (Å²) in [5, 5.41) is 6.69. The second kappa shape index (κ2) is 11.7. The van der Waals surface area contributed by atoms with Gasteiger partial charge in [-0.05, 0) is 38.7 Å². The lowest BCUT2D eigenvalue weighted by Gasteiger charge is -2.31. The highest BCUT2D eigenvalue weighted by atomic mass is 127. The molecule has 2 N–H and O–H groups in total. The van der Waals surface area contributed by atoms with Crippen molar-refractivity contribution in [1.82, 2.24) is 10.6 Å². The Morgan fingerprint density at radius 3 is 2.62 bits per heavy atom. The van der Waals surface area contributed by atoms with Crippen molar-refractivity contribution in [3.63, 3.8) is 0 Å². The molecule has 1 fully saturated rings. The van der Waals surface area contributed by atoms with Crippen LogP contribution < -0.4 is 10.6 Å². The number of aliphatic imine (C=N–C) groups is 1. The number of ether oxygens (including phenoxy) is 1. The topological polar surface area (TPSA) is 45.7 Å². The molecule has 0 aromatic heterocycles. The lowest BCUT2D eigenvalue weighted by Crippen LogP contribution is -2.38. The van der Waals surface area contributed by atoms with Crippen LogP contribution >= 0.6 is 24.0 Å². The van der Waals surface area contributed by atoms with Gasteiger partial charge in [0.25, 0.3) is 0 Å². The number of nitrogens with zero attached hydrogens (tertiary/aromatic N) is 1. The van der Waals surface area contributed by atoms with Crippen molar-refractivity contribution in [2.24, 2.45) is 10.9 Å². The Hall–Kier alpha value is -0.820. The van der Waals surface area contributed by atoms with Gasteiger partial charge in [0.1, 0.15) is 0 Å². The molecule has 2 atom stereocenters. The minimum atomic E-state index is 0. The SMILES string of the molecule is CCCNC(=NCC1CCCOC1c1ccc(C)cc1)NCC.I. The Kier molecular flexibility index (Phi) is 10.3. The summed E-state index contributed by atoms with van der Waals surface area (Å²) < 4.78 is 6.08. The quantitative estimate of drug-likeness (QED) is 0.395. The first-order valence-corrected chi connectivity index (χ1v) is 8.95. The average molecular weight is 445 g/mol. The molecule has 5 heteroatoms. The first-order chi connectivity index (χ1) is 11.2.